The second-order valence-electron chi connectivity index (χ2n) is 3.26. The van der Waals surface area contributed by atoms with Crippen LogP contribution in [-0.2, 0) is 11.2 Å². The summed E-state index contributed by atoms with van der Waals surface area (Å²) in [5.74, 6) is -0.886. The van der Waals surface area contributed by atoms with Gasteiger partial charge >= 0.3 is 5.97 Å². The van der Waals surface area contributed by atoms with Crippen LogP contribution in [0.25, 0.3) is 0 Å². The number of ether oxygens (including phenoxy) is 1. The fourth-order valence-corrected chi connectivity index (χ4v) is 1.32. The zero-order chi connectivity index (χ0) is 11.4. The Morgan fingerprint density at radius 2 is 2.40 bits per heavy atom. The van der Waals surface area contributed by atoms with Crippen molar-refractivity contribution in [2.75, 3.05) is 7.11 Å². The Labute approximate surface area is 92.8 Å². The number of carboxylic acid groups (broad SMARTS) is 1. The van der Waals surface area contributed by atoms with Gasteiger partial charge in [-0.05, 0) is 12.0 Å². The largest absolute Gasteiger partial charge is 0.481 e. The van der Waals surface area contributed by atoms with Gasteiger partial charge in [-0.2, -0.15) is 0 Å². The molecule has 1 unspecified atom stereocenters. The molecule has 0 aliphatic carbocycles. The van der Waals surface area contributed by atoms with Crippen molar-refractivity contribution in [3.8, 4) is 5.88 Å². The number of hydrogen-bond donors (Lipinski definition) is 1. The van der Waals surface area contributed by atoms with Crippen LogP contribution in [0.5, 0.6) is 5.88 Å². The van der Waals surface area contributed by atoms with E-state index in [1.165, 1.54) is 13.3 Å². The van der Waals surface area contributed by atoms with Gasteiger partial charge in [0, 0.05) is 12.3 Å². The Kier molecular flexibility index (Phi) is 3.91. The lowest BCUT2D eigenvalue weighted by molar-refractivity contribution is -0.141. The van der Waals surface area contributed by atoms with Gasteiger partial charge in [0.15, 0.2) is 0 Å². The Morgan fingerprint density at radius 3 is 2.93 bits per heavy atom. The van der Waals surface area contributed by atoms with Gasteiger partial charge in [-0.15, -0.1) is 0 Å². The Balaban J connectivity index is 2.88. The van der Waals surface area contributed by atoms with Crippen molar-refractivity contribution in [2.24, 2.45) is 5.92 Å². The van der Waals surface area contributed by atoms with E-state index in [-0.39, 0.29) is 0 Å². The van der Waals surface area contributed by atoms with Crippen LogP contribution in [0.2, 0.25) is 5.02 Å². The van der Waals surface area contributed by atoms with Gasteiger partial charge in [0.25, 0.3) is 0 Å². The first kappa shape index (κ1) is 11.8. The summed E-state index contributed by atoms with van der Waals surface area (Å²) in [5, 5.41) is 9.23. The highest BCUT2D eigenvalue weighted by Crippen LogP contribution is 2.22. The highest BCUT2D eigenvalue weighted by Gasteiger charge is 2.14. The summed E-state index contributed by atoms with van der Waals surface area (Å²) < 4.78 is 4.93. The topological polar surface area (TPSA) is 59.4 Å². The maximum absolute atomic E-state index is 10.7. The van der Waals surface area contributed by atoms with Crippen molar-refractivity contribution in [2.45, 2.75) is 13.3 Å². The number of carbonyl (C=O) groups is 1. The van der Waals surface area contributed by atoms with Crippen LogP contribution in [0.1, 0.15) is 12.5 Å². The lowest BCUT2D eigenvalue weighted by Crippen LogP contribution is -2.12. The van der Waals surface area contributed by atoms with Crippen LogP contribution >= 0.6 is 11.6 Å². The summed E-state index contributed by atoms with van der Waals surface area (Å²) in [5.41, 5.74) is 0.735. The second-order valence-corrected chi connectivity index (χ2v) is 3.67. The number of methoxy groups -OCH3 is 1. The quantitative estimate of drug-likeness (QED) is 0.858. The summed E-state index contributed by atoms with van der Waals surface area (Å²) in [4.78, 5) is 14.6. The maximum Gasteiger partial charge on any atom is 0.306 e. The molecule has 0 amide bonds. The van der Waals surface area contributed by atoms with Crippen molar-refractivity contribution in [1.29, 1.82) is 0 Å². The first-order valence-corrected chi connectivity index (χ1v) is 4.83. The van der Waals surface area contributed by atoms with E-state index in [0.29, 0.717) is 17.3 Å². The Bertz CT molecular complexity index is 368. The van der Waals surface area contributed by atoms with Crippen molar-refractivity contribution < 1.29 is 14.6 Å². The summed E-state index contributed by atoms with van der Waals surface area (Å²) in [6, 6.07) is 1.65. The number of rotatable bonds is 4. The van der Waals surface area contributed by atoms with Crippen LogP contribution < -0.4 is 4.74 Å². The molecule has 4 nitrogen and oxygen atoms in total. The number of carboxylic acids is 1. The molecule has 1 heterocycles. The SMILES string of the molecule is COc1cc(CC(C)C(=O)O)c(Cl)cn1. The monoisotopic (exact) mass is 229 g/mol. The van der Waals surface area contributed by atoms with E-state index >= 15 is 0 Å². The van der Waals surface area contributed by atoms with E-state index in [1.807, 2.05) is 0 Å². The molecule has 0 saturated carbocycles. The van der Waals surface area contributed by atoms with Gasteiger partial charge in [-0.25, -0.2) is 4.98 Å². The average molecular weight is 230 g/mol. The maximum atomic E-state index is 10.7. The third-order valence-corrected chi connectivity index (χ3v) is 2.41. The summed E-state index contributed by atoms with van der Waals surface area (Å²) in [6.45, 7) is 1.63. The van der Waals surface area contributed by atoms with Crippen molar-refractivity contribution in [1.82, 2.24) is 4.98 Å². The third kappa shape index (κ3) is 3.09. The zero-order valence-electron chi connectivity index (χ0n) is 8.53. The predicted molar refractivity (Wildman–Crippen MR) is 56.3 cm³/mol. The minimum absolute atomic E-state index is 0.368. The summed E-state index contributed by atoms with van der Waals surface area (Å²) in [6.07, 6.45) is 1.83. The predicted octanol–water partition coefficient (Wildman–Crippen LogP) is 2.01. The molecule has 0 aromatic carbocycles. The van der Waals surface area contributed by atoms with E-state index in [2.05, 4.69) is 4.98 Å². The first-order valence-electron chi connectivity index (χ1n) is 4.45. The van der Waals surface area contributed by atoms with Crippen LogP contribution in [0.15, 0.2) is 12.3 Å². The lowest BCUT2D eigenvalue weighted by Gasteiger charge is -2.08. The molecule has 15 heavy (non-hydrogen) atoms. The fourth-order valence-electron chi connectivity index (χ4n) is 1.14. The lowest BCUT2D eigenvalue weighted by atomic mass is 10.0. The van der Waals surface area contributed by atoms with Crippen molar-refractivity contribution in [3.05, 3.63) is 22.8 Å². The number of aliphatic carboxylic acids is 1. The van der Waals surface area contributed by atoms with Crippen molar-refractivity contribution >= 4 is 17.6 Å². The molecule has 1 aromatic rings. The molecule has 5 heteroatoms. The second kappa shape index (κ2) is 4.98. The van der Waals surface area contributed by atoms with Crippen LogP contribution in [0.3, 0.4) is 0 Å². The van der Waals surface area contributed by atoms with Gasteiger partial charge in [-0.3, -0.25) is 4.79 Å². The standard InChI is InChI=1S/C10H12ClNO3/c1-6(10(13)14)3-7-4-9(15-2)12-5-8(7)11/h4-6H,3H2,1-2H3,(H,13,14). The minimum Gasteiger partial charge on any atom is -0.481 e. The number of nitrogens with zero attached hydrogens (tertiary/aromatic N) is 1. The third-order valence-electron chi connectivity index (χ3n) is 2.07. The number of pyridine rings is 1. The Morgan fingerprint density at radius 1 is 1.73 bits per heavy atom. The molecule has 1 N–H and O–H groups in total. The van der Waals surface area contributed by atoms with Crippen LogP contribution in [0.4, 0.5) is 0 Å². The first-order chi connectivity index (χ1) is 7.04. The molecule has 0 aliphatic rings. The van der Waals surface area contributed by atoms with Gasteiger partial charge in [0.1, 0.15) is 0 Å². The average Bonchev–Trinajstić information content (AvgIpc) is 2.21. The zero-order valence-corrected chi connectivity index (χ0v) is 9.28. The molecule has 1 aromatic heterocycles. The van der Waals surface area contributed by atoms with Gasteiger partial charge in [-0.1, -0.05) is 18.5 Å². The van der Waals surface area contributed by atoms with Crippen LogP contribution in [0, 0.1) is 5.92 Å². The summed E-state index contributed by atoms with van der Waals surface area (Å²) in [7, 11) is 1.50. The molecular formula is C10H12ClNO3. The van der Waals surface area contributed by atoms with Gasteiger partial charge < -0.3 is 9.84 Å². The molecule has 0 saturated heterocycles. The molecule has 0 spiro atoms. The van der Waals surface area contributed by atoms with E-state index in [9.17, 15) is 4.79 Å². The highest BCUT2D eigenvalue weighted by atomic mass is 35.5. The van der Waals surface area contributed by atoms with Crippen molar-refractivity contribution in [3.63, 3.8) is 0 Å². The van der Waals surface area contributed by atoms with Crippen LogP contribution in [-0.4, -0.2) is 23.2 Å². The minimum atomic E-state index is -0.846. The highest BCUT2D eigenvalue weighted by molar-refractivity contribution is 6.31. The van der Waals surface area contributed by atoms with E-state index in [4.69, 9.17) is 21.4 Å². The molecule has 1 atom stereocenters. The van der Waals surface area contributed by atoms with Gasteiger partial charge in [0.2, 0.25) is 5.88 Å². The molecule has 0 fully saturated rings. The molecule has 1 rings (SSSR count). The van der Waals surface area contributed by atoms with E-state index in [1.54, 1.807) is 13.0 Å². The van der Waals surface area contributed by atoms with E-state index < -0.39 is 11.9 Å². The summed E-state index contributed by atoms with van der Waals surface area (Å²) >= 11 is 5.89. The molecule has 0 radical (unpaired) electrons. The molecule has 82 valence electrons. The number of hydrogen-bond acceptors (Lipinski definition) is 3. The fraction of sp³-hybridized carbons (Fsp3) is 0.400. The van der Waals surface area contributed by atoms with E-state index in [0.717, 1.165) is 5.56 Å². The van der Waals surface area contributed by atoms with Gasteiger partial charge in [0.05, 0.1) is 18.1 Å². The Hall–Kier alpha value is -1.29. The molecule has 0 bridgehead atoms. The number of halogens is 1. The molecular weight excluding hydrogens is 218 g/mol. The normalized spacial score (nSPS) is 12.2. The number of aromatic nitrogens is 1. The molecule has 0 aliphatic heterocycles. The smallest absolute Gasteiger partial charge is 0.306 e.